The Labute approximate surface area is 131 Å². The van der Waals surface area contributed by atoms with Crippen molar-refractivity contribution >= 4 is 0 Å². The van der Waals surface area contributed by atoms with Crippen molar-refractivity contribution in [3.63, 3.8) is 0 Å². The largest absolute Gasteiger partial charge is 0.356 e. The normalized spacial score (nSPS) is 24.9. The highest BCUT2D eigenvalue weighted by atomic mass is 16.7. The average molecular weight is 300 g/mol. The number of nitrogens with two attached hydrogens (primary N) is 1. The third-order valence-corrected chi connectivity index (χ3v) is 5.29. The van der Waals surface area contributed by atoms with E-state index in [4.69, 9.17) is 15.2 Å². The second kappa shape index (κ2) is 7.91. The zero-order valence-electron chi connectivity index (χ0n) is 14.9. The van der Waals surface area contributed by atoms with Crippen molar-refractivity contribution in [1.82, 2.24) is 4.90 Å². The lowest BCUT2D eigenvalue weighted by atomic mass is 9.76. The average Bonchev–Trinajstić information content (AvgIpc) is 2.70. The van der Waals surface area contributed by atoms with Crippen LogP contribution < -0.4 is 5.73 Å². The van der Waals surface area contributed by atoms with E-state index >= 15 is 0 Å². The molecule has 1 saturated heterocycles. The molecule has 0 aromatic heterocycles. The first-order valence-corrected chi connectivity index (χ1v) is 8.27. The Balaban J connectivity index is 2.73. The molecule has 1 fully saturated rings. The third kappa shape index (κ3) is 5.20. The highest BCUT2D eigenvalue weighted by Gasteiger charge is 2.36. The minimum atomic E-state index is -0.180. The SMILES string of the molecule is COC(CC(C)(CN)N1CCCC(C(C)(C)C)CC1)OC. The van der Waals surface area contributed by atoms with Gasteiger partial charge in [0, 0.05) is 32.7 Å². The van der Waals surface area contributed by atoms with Crippen molar-refractivity contribution in [2.75, 3.05) is 33.9 Å². The van der Waals surface area contributed by atoms with E-state index < -0.39 is 0 Å². The van der Waals surface area contributed by atoms with Gasteiger partial charge in [-0.3, -0.25) is 4.90 Å². The molecule has 2 N–H and O–H groups in total. The topological polar surface area (TPSA) is 47.7 Å². The highest BCUT2D eigenvalue weighted by Crippen LogP contribution is 2.36. The Bertz CT molecular complexity index is 300. The number of methoxy groups -OCH3 is 2. The van der Waals surface area contributed by atoms with Crippen LogP contribution in [0.4, 0.5) is 0 Å². The molecule has 4 nitrogen and oxygen atoms in total. The van der Waals surface area contributed by atoms with E-state index in [2.05, 4.69) is 32.6 Å². The molecular formula is C17H36N2O2. The predicted octanol–water partition coefficient (Wildman–Crippen LogP) is 2.86. The van der Waals surface area contributed by atoms with Gasteiger partial charge < -0.3 is 15.2 Å². The van der Waals surface area contributed by atoms with E-state index in [1.165, 1.54) is 19.3 Å². The molecule has 4 heteroatoms. The molecule has 0 aliphatic carbocycles. The molecule has 1 aliphatic heterocycles. The molecular weight excluding hydrogens is 264 g/mol. The number of likely N-dealkylation sites (tertiary alicyclic amines) is 1. The van der Waals surface area contributed by atoms with E-state index in [9.17, 15) is 0 Å². The molecule has 0 saturated carbocycles. The smallest absolute Gasteiger partial charge is 0.158 e. The molecule has 2 atom stereocenters. The van der Waals surface area contributed by atoms with Crippen LogP contribution in [0.2, 0.25) is 0 Å². The summed E-state index contributed by atoms with van der Waals surface area (Å²) in [5.41, 5.74) is 6.46. The minimum Gasteiger partial charge on any atom is -0.356 e. The predicted molar refractivity (Wildman–Crippen MR) is 88.3 cm³/mol. The summed E-state index contributed by atoms with van der Waals surface area (Å²) in [5, 5.41) is 0. The van der Waals surface area contributed by atoms with Crippen molar-refractivity contribution < 1.29 is 9.47 Å². The molecule has 0 spiro atoms. The Morgan fingerprint density at radius 1 is 1.10 bits per heavy atom. The summed E-state index contributed by atoms with van der Waals surface area (Å²) in [6.07, 6.45) is 4.46. The van der Waals surface area contributed by atoms with Gasteiger partial charge in [-0.2, -0.15) is 0 Å². The Morgan fingerprint density at radius 3 is 2.19 bits per heavy atom. The van der Waals surface area contributed by atoms with Gasteiger partial charge in [-0.25, -0.2) is 0 Å². The molecule has 21 heavy (non-hydrogen) atoms. The van der Waals surface area contributed by atoms with E-state index in [0.717, 1.165) is 25.4 Å². The number of nitrogens with zero attached hydrogens (tertiary/aromatic N) is 1. The number of rotatable bonds is 6. The zero-order valence-corrected chi connectivity index (χ0v) is 14.9. The molecule has 0 bridgehead atoms. The second-order valence-corrected chi connectivity index (χ2v) is 7.79. The van der Waals surface area contributed by atoms with Gasteiger partial charge in [-0.1, -0.05) is 20.8 Å². The van der Waals surface area contributed by atoms with Crippen LogP contribution in [0.15, 0.2) is 0 Å². The van der Waals surface area contributed by atoms with Crippen molar-refractivity contribution in [2.45, 2.75) is 65.2 Å². The van der Waals surface area contributed by atoms with Crippen molar-refractivity contribution in [2.24, 2.45) is 17.1 Å². The molecule has 0 aromatic rings. The lowest BCUT2D eigenvalue weighted by molar-refractivity contribution is -0.128. The summed E-state index contributed by atoms with van der Waals surface area (Å²) >= 11 is 0. The van der Waals surface area contributed by atoms with Gasteiger partial charge in [0.1, 0.15) is 0 Å². The Morgan fingerprint density at radius 2 is 1.71 bits per heavy atom. The van der Waals surface area contributed by atoms with Gasteiger partial charge in [0.2, 0.25) is 0 Å². The standard InChI is InChI=1S/C17H36N2O2/c1-16(2,3)14-8-7-10-19(11-9-14)17(4,13-18)12-15(20-5)21-6/h14-15H,7-13,18H2,1-6H3. The van der Waals surface area contributed by atoms with Gasteiger partial charge in [0.15, 0.2) is 6.29 Å². The number of ether oxygens (including phenoxy) is 2. The first kappa shape index (κ1) is 18.9. The van der Waals surface area contributed by atoms with Crippen LogP contribution in [-0.2, 0) is 9.47 Å². The van der Waals surface area contributed by atoms with E-state index in [1.807, 2.05) is 0 Å². The maximum Gasteiger partial charge on any atom is 0.158 e. The molecule has 1 heterocycles. The summed E-state index contributed by atoms with van der Waals surface area (Å²) < 4.78 is 10.8. The van der Waals surface area contributed by atoms with Gasteiger partial charge in [0.25, 0.3) is 0 Å². The Hall–Kier alpha value is -0.160. The van der Waals surface area contributed by atoms with Crippen molar-refractivity contribution in [3.8, 4) is 0 Å². The van der Waals surface area contributed by atoms with Crippen molar-refractivity contribution in [1.29, 1.82) is 0 Å². The van der Waals surface area contributed by atoms with Crippen LogP contribution in [0.25, 0.3) is 0 Å². The first-order chi connectivity index (χ1) is 9.76. The van der Waals surface area contributed by atoms with Gasteiger partial charge >= 0.3 is 0 Å². The molecule has 1 rings (SSSR count). The summed E-state index contributed by atoms with van der Waals surface area (Å²) in [7, 11) is 3.40. The van der Waals surface area contributed by atoms with Crippen LogP contribution in [0.1, 0.15) is 53.4 Å². The fraction of sp³-hybridized carbons (Fsp3) is 1.00. The summed E-state index contributed by atoms with van der Waals surface area (Å²) in [5.74, 6) is 0.796. The van der Waals surface area contributed by atoms with E-state index in [0.29, 0.717) is 12.0 Å². The van der Waals surface area contributed by atoms with Crippen LogP contribution >= 0.6 is 0 Å². The summed E-state index contributed by atoms with van der Waals surface area (Å²) in [4.78, 5) is 2.56. The maximum absolute atomic E-state index is 6.11. The lowest BCUT2D eigenvalue weighted by Gasteiger charge is -2.42. The zero-order chi connectivity index (χ0) is 16.1. The van der Waals surface area contributed by atoms with Gasteiger partial charge in [-0.15, -0.1) is 0 Å². The fourth-order valence-corrected chi connectivity index (χ4v) is 3.47. The van der Waals surface area contributed by atoms with E-state index in [-0.39, 0.29) is 11.8 Å². The van der Waals surface area contributed by atoms with Crippen LogP contribution in [-0.4, -0.2) is 50.6 Å². The monoisotopic (exact) mass is 300 g/mol. The lowest BCUT2D eigenvalue weighted by Crippen LogP contribution is -2.54. The van der Waals surface area contributed by atoms with Crippen LogP contribution in [0, 0.1) is 11.3 Å². The van der Waals surface area contributed by atoms with Crippen LogP contribution in [0.5, 0.6) is 0 Å². The quantitative estimate of drug-likeness (QED) is 0.766. The number of hydrogen-bond donors (Lipinski definition) is 1. The molecule has 0 amide bonds. The van der Waals surface area contributed by atoms with Crippen LogP contribution in [0.3, 0.4) is 0 Å². The van der Waals surface area contributed by atoms with Crippen molar-refractivity contribution in [3.05, 3.63) is 0 Å². The molecule has 1 aliphatic rings. The summed E-state index contributed by atoms with van der Waals surface area (Å²) in [6, 6.07) is 0. The minimum absolute atomic E-state index is 0.0521. The highest BCUT2D eigenvalue weighted by molar-refractivity contribution is 4.91. The first-order valence-electron chi connectivity index (χ1n) is 8.27. The van der Waals surface area contributed by atoms with E-state index in [1.54, 1.807) is 14.2 Å². The number of hydrogen-bond acceptors (Lipinski definition) is 4. The molecule has 2 unspecified atom stereocenters. The van der Waals surface area contributed by atoms with Gasteiger partial charge in [0.05, 0.1) is 0 Å². The second-order valence-electron chi connectivity index (χ2n) is 7.79. The Kier molecular flexibility index (Phi) is 7.11. The molecule has 126 valence electrons. The maximum atomic E-state index is 6.11. The molecule has 0 radical (unpaired) electrons. The molecule has 0 aromatic carbocycles. The summed E-state index contributed by atoms with van der Waals surface area (Å²) in [6.45, 7) is 12.2. The van der Waals surface area contributed by atoms with Gasteiger partial charge in [-0.05, 0) is 50.6 Å². The third-order valence-electron chi connectivity index (χ3n) is 5.29. The fourth-order valence-electron chi connectivity index (χ4n) is 3.47.